The minimum Gasteiger partial charge on any atom is -0.480 e. The van der Waals surface area contributed by atoms with Crippen molar-refractivity contribution in [3.8, 4) is 0 Å². The van der Waals surface area contributed by atoms with Gasteiger partial charge in [0.1, 0.15) is 0 Å². The first-order valence-corrected chi connectivity index (χ1v) is 8.07. The molecule has 106 valence electrons. The molecule has 6 heteroatoms. The third kappa shape index (κ3) is 5.35. The summed E-state index contributed by atoms with van der Waals surface area (Å²) >= 11 is 0. The fraction of sp³-hybridized carbons (Fsp3) is 0.917. The van der Waals surface area contributed by atoms with Crippen molar-refractivity contribution in [2.75, 3.05) is 24.6 Å². The monoisotopic (exact) mass is 277 g/mol. The summed E-state index contributed by atoms with van der Waals surface area (Å²) in [7, 11) is -2.96. The molecule has 0 aliphatic carbocycles. The number of rotatable bonds is 5. The van der Waals surface area contributed by atoms with E-state index < -0.39 is 15.8 Å². The second-order valence-electron chi connectivity index (χ2n) is 6.23. The van der Waals surface area contributed by atoms with Crippen LogP contribution in [0.25, 0.3) is 0 Å². The van der Waals surface area contributed by atoms with Crippen LogP contribution in [0.2, 0.25) is 0 Å². The summed E-state index contributed by atoms with van der Waals surface area (Å²) < 4.78 is 22.9. The average molecular weight is 277 g/mol. The molecule has 1 fully saturated rings. The molecule has 1 aliphatic rings. The van der Waals surface area contributed by atoms with E-state index in [1.165, 1.54) is 0 Å². The van der Waals surface area contributed by atoms with E-state index in [1.54, 1.807) is 4.90 Å². The smallest absolute Gasteiger partial charge is 0.317 e. The summed E-state index contributed by atoms with van der Waals surface area (Å²) in [6, 6.07) is -0.131. The van der Waals surface area contributed by atoms with E-state index >= 15 is 0 Å². The molecule has 0 amide bonds. The first-order chi connectivity index (χ1) is 8.09. The summed E-state index contributed by atoms with van der Waals surface area (Å²) in [5.41, 5.74) is 0.119. The Morgan fingerprint density at radius 2 is 2.00 bits per heavy atom. The van der Waals surface area contributed by atoms with Crippen molar-refractivity contribution >= 4 is 15.8 Å². The molecule has 1 N–H and O–H groups in total. The van der Waals surface area contributed by atoms with E-state index in [2.05, 4.69) is 20.8 Å². The van der Waals surface area contributed by atoms with Crippen LogP contribution < -0.4 is 0 Å². The third-order valence-corrected chi connectivity index (χ3v) is 4.96. The van der Waals surface area contributed by atoms with Crippen molar-refractivity contribution in [2.24, 2.45) is 5.41 Å². The third-order valence-electron chi connectivity index (χ3n) is 3.21. The zero-order chi connectivity index (χ0) is 14.0. The molecule has 1 saturated heterocycles. The molecular weight excluding hydrogens is 254 g/mol. The Labute approximate surface area is 109 Å². The summed E-state index contributed by atoms with van der Waals surface area (Å²) in [6.07, 6.45) is 1.41. The number of carboxylic acid groups (broad SMARTS) is 1. The van der Waals surface area contributed by atoms with E-state index in [0.717, 1.165) is 6.42 Å². The Morgan fingerprint density at radius 1 is 1.39 bits per heavy atom. The van der Waals surface area contributed by atoms with Crippen molar-refractivity contribution in [1.29, 1.82) is 0 Å². The van der Waals surface area contributed by atoms with E-state index in [-0.39, 0.29) is 29.5 Å². The summed E-state index contributed by atoms with van der Waals surface area (Å²) in [5, 5.41) is 8.91. The van der Waals surface area contributed by atoms with E-state index in [4.69, 9.17) is 5.11 Å². The molecular formula is C12H23NO4S. The van der Waals surface area contributed by atoms with Crippen molar-refractivity contribution in [2.45, 2.75) is 39.7 Å². The highest BCUT2D eigenvalue weighted by Gasteiger charge is 2.33. The summed E-state index contributed by atoms with van der Waals surface area (Å²) in [6.45, 7) is 6.85. The molecule has 0 aromatic carbocycles. The highest BCUT2D eigenvalue weighted by Crippen LogP contribution is 2.22. The predicted molar refractivity (Wildman–Crippen MR) is 70.3 cm³/mol. The standard InChI is InChI=1S/C12H23NO4S/c1-12(2,3)5-6-13(8-11(14)15)10-4-7-18(16,17)9-10/h10H,4-9H2,1-3H3,(H,14,15). The minimum atomic E-state index is -2.96. The zero-order valence-electron chi connectivity index (χ0n) is 11.3. The molecule has 0 aromatic heterocycles. The molecule has 5 nitrogen and oxygen atoms in total. The number of sulfone groups is 1. The lowest BCUT2D eigenvalue weighted by atomic mass is 9.92. The number of hydrogen-bond acceptors (Lipinski definition) is 4. The van der Waals surface area contributed by atoms with Crippen LogP contribution in [-0.2, 0) is 14.6 Å². The maximum atomic E-state index is 11.5. The van der Waals surface area contributed by atoms with Crippen LogP contribution in [0.5, 0.6) is 0 Å². The van der Waals surface area contributed by atoms with E-state index in [1.807, 2.05) is 0 Å². The van der Waals surface area contributed by atoms with Crippen LogP contribution in [0.1, 0.15) is 33.6 Å². The highest BCUT2D eigenvalue weighted by molar-refractivity contribution is 7.91. The lowest BCUT2D eigenvalue weighted by Gasteiger charge is -2.29. The fourth-order valence-corrected chi connectivity index (χ4v) is 3.87. The summed E-state index contributed by atoms with van der Waals surface area (Å²) in [5.74, 6) is -0.610. The predicted octanol–water partition coefficient (Wildman–Crippen LogP) is 0.996. The van der Waals surface area contributed by atoms with Crippen molar-refractivity contribution in [1.82, 2.24) is 4.90 Å². The number of aliphatic carboxylic acids is 1. The van der Waals surface area contributed by atoms with Crippen LogP contribution >= 0.6 is 0 Å². The van der Waals surface area contributed by atoms with Crippen LogP contribution in [0.3, 0.4) is 0 Å². The number of carboxylic acids is 1. The highest BCUT2D eigenvalue weighted by atomic mass is 32.2. The second-order valence-corrected chi connectivity index (χ2v) is 8.46. The molecule has 1 unspecified atom stereocenters. The topological polar surface area (TPSA) is 74.7 Å². The largest absolute Gasteiger partial charge is 0.480 e. The van der Waals surface area contributed by atoms with Gasteiger partial charge in [-0.15, -0.1) is 0 Å². The van der Waals surface area contributed by atoms with Gasteiger partial charge < -0.3 is 5.11 Å². The van der Waals surface area contributed by atoms with Crippen LogP contribution in [0.4, 0.5) is 0 Å². The molecule has 0 aromatic rings. The maximum Gasteiger partial charge on any atom is 0.317 e. The molecule has 0 radical (unpaired) electrons. The Kier molecular flexibility index (Phi) is 4.78. The van der Waals surface area contributed by atoms with Gasteiger partial charge in [-0.25, -0.2) is 8.42 Å². The SMILES string of the molecule is CC(C)(C)CCN(CC(=O)O)C1CCS(=O)(=O)C1. The average Bonchev–Trinajstić information content (AvgIpc) is 2.51. The van der Waals surface area contributed by atoms with Crippen molar-refractivity contribution < 1.29 is 18.3 Å². The van der Waals surface area contributed by atoms with Gasteiger partial charge in [-0.2, -0.15) is 0 Å². The van der Waals surface area contributed by atoms with Gasteiger partial charge in [0.25, 0.3) is 0 Å². The van der Waals surface area contributed by atoms with E-state index in [0.29, 0.717) is 13.0 Å². The number of carbonyl (C=O) groups is 1. The molecule has 0 bridgehead atoms. The molecule has 1 heterocycles. The van der Waals surface area contributed by atoms with Gasteiger partial charge in [0.15, 0.2) is 9.84 Å². The number of hydrogen-bond donors (Lipinski definition) is 1. The molecule has 1 atom stereocenters. The fourth-order valence-electron chi connectivity index (χ4n) is 2.11. The molecule has 0 spiro atoms. The lowest BCUT2D eigenvalue weighted by molar-refractivity contribution is -0.138. The number of nitrogens with zero attached hydrogens (tertiary/aromatic N) is 1. The van der Waals surface area contributed by atoms with Gasteiger partial charge in [0.05, 0.1) is 18.1 Å². The van der Waals surface area contributed by atoms with Gasteiger partial charge in [0, 0.05) is 6.04 Å². The first-order valence-electron chi connectivity index (χ1n) is 6.25. The molecule has 18 heavy (non-hydrogen) atoms. The van der Waals surface area contributed by atoms with Crippen LogP contribution in [0.15, 0.2) is 0 Å². The second kappa shape index (κ2) is 5.57. The van der Waals surface area contributed by atoms with Gasteiger partial charge >= 0.3 is 5.97 Å². The molecule has 0 saturated carbocycles. The molecule has 1 aliphatic heterocycles. The molecule has 1 rings (SSSR count). The Bertz CT molecular complexity index is 397. The van der Waals surface area contributed by atoms with Gasteiger partial charge in [-0.05, 0) is 24.8 Å². The zero-order valence-corrected chi connectivity index (χ0v) is 12.2. The van der Waals surface area contributed by atoms with Crippen molar-refractivity contribution in [3.63, 3.8) is 0 Å². The Hall–Kier alpha value is -0.620. The quantitative estimate of drug-likeness (QED) is 0.811. The van der Waals surface area contributed by atoms with Crippen LogP contribution in [0, 0.1) is 5.41 Å². The van der Waals surface area contributed by atoms with Crippen LogP contribution in [-0.4, -0.2) is 55.0 Å². The van der Waals surface area contributed by atoms with Gasteiger partial charge in [-0.1, -0.05) is 20.8 Å². The van der Waals surface area contributed by atoms with Gasteiger partial charge in [-0.3, -0.25) is 9.69 Å². The Balaban J connectivity index is 2.64. The normalized spacial score (nSPS) is 23.4. The minimum absolute atomic E-state index is 0.0731. The maximum absolute atomic E-state index is 11.5. The first kappa shape index (κ1) is 15.4. The van der Waals surface area contributed by atoms with E-state index in [9.17, 15) is 13.2 Å². The van der Waals surface area contributed by atoms with Crippen molar-refractivity contribution in [3.05, 3.63) is 0 Å². The summed E-state index contributed by atoms with van der Waals surface area (Å²) in [4.78, 5) is 12.7. The van der Waals surface area contributed by atoms with Gasteiger partial charge in [0.2, 0.25) is 0 Å². The Morgan fingerprint density at radius 3 is 2.39 bits per heavy atom. The lowest BCUT2D eigenvalue weighted by Crippen LogP contribution is -2.41.